The topological polar surface area (TPSA) is 30.5 Å². The molecule has 3 rings (SSSR count). The maximum absolute atomic E-state index is 12.3. The summed E-state index contributed by atoms with van der Waals surface area (Å²) in [6.45, 7) is 3.37. The molecule has 2 aliphatic rings. The minimum Gasteiger partial charge on any atom is -0.406 e. The van der Waals surface area contributed by atoms with Gasteiger partial charge in [0.2, 0.25) is 0 Å². The predicted molar refractivity (Wildman–Crippen MR) is 67.9 cm³/mol. The van der Waals surface area contributed by atoms with Crippen LogP contribution in [0, 0.1) is 0 Å². The summed E-state index contributed by atoms with van der Waals surface area (Å²) in [4.78, 5) is 0. The molecule has 1 saturated heterocycles. The molecular weight excluding hydrogens is 271 g/mol. The Morgan fingerprint density at radius 2 is 2.20 bits per heavy atom. The van der Waals surface area contributed by atoms with Crippen LogP contribution in [0.2, 0.25) is 0 Å². The zero-order chi connectivity index (χ0) is 14.4. The summed E-state index contributed by atoms with van der Waals surface area (Å²) < 4.78 is 46.6. The van der Waals surface area contributed by atoms with E-state index in [2.05, 4.69) is 10.1 Å². The molecule has 2 unspecified atom stereocenters. The molecule has 3 nitrogen and oxygen atoms in total. The van der Waals surface area contributed by atoms with E-state index >= 15 is 0 Å². The van der Waals surface area contributed by atoms with Gasteiger partial charge in [-0.15, -0.1) is 13.2 Å². The van der Waals surface area contributed by atoms with Crippen LogP contribution >= 0.6 is 0 Å². The molecule has 0 aromatic heterocycles. The van der Waals surface area contributed by atoms with Gasteiger partial charge in [0, 0.05) is 24.3 Å². The van der Waals surface area contributed by atoms with E-state index in [1.54, 1.807) is 6.07 Å². The molecule has 1 aromatic rings. The average molecular weight is 287 g/mol. The van der Waals surface area contributed by atoms with E-state index < -0.39 is 6.36 Å². The summed E-state index contributed by atoms with van der Waals surface area (Å²) >= 11 is 0. The van der Waals surface area contributed by atoms with Crippen LogP contribution in [-0.2, 0) is 10.2 Å². The molecule has 6 heteroatoms. The zero-order valence-corrected chi connectivity index (χ0v) is 11.1. The minimum absolute atomic E-state index is 0.115. The lowest BCUT2D eigenvalue weighted by Gasteiger charge is -2.37. The summed E-state index contributed by atoms with van der Waals surface area (Å²) in [7, 11) is 0. The fourth-order valence-corrected chi connectivity index (χ4v) is 3.24. The third-order valence-corrected chi connectivity index (χ3v) is 4.07. The fraction of sp³-hybridized carbons (Fsp3) is 0.571. The van der Waals surface area contributed by atoms with Gasteiger partial charge >= 0.3 is 6.36 Å². The molecule has 20 heavy (non-hydrogen) atoms. The first-order valence-corrected chi connectivity index (χ1v) is 6.64. The first kappa shape index (κ1) is 13.5. The second-order valence-electron chi connectivity index (χ2n) is 5.52. The number of fused-ring (bicyclic) bond motifs is 2. The van der Waals surface area contributed by atoms with Crippen molar-refractivity contribution in [2.45, 2.75) is 37.6 Å². The lowest BCUT2D eigenvalue weighted by atomic mass is 9.74. The van der Waals surface area contributed by atoms with Crippen molar-refractivity contribution >= 4 is 5.69 Å². The standard InChI is InChI=1S/C14H16F3NO2/c1-9-7-13(4-5-19-9)8-18-12-3-2-10(6-11(12)13)20-14(15,16)17/h2-3,6,9,18H,4-5,7-8H2,1H3. The van der Waals surface area contributed by atoms with Crippen LogP contribution in [0.25, 0.3) is 0 Å². The summed E-state index contributed by atoms with van der Waals surface area (Å²) in [5.41, 5.74) is 1.67. The average Bonchev–Trinajstić information content (AvgIpc) is 2.66. The van der Waals surface area contributed by atoms with E-state index in [4.69, 9.17) is 4.74 Å². The Balaban J connectivity index is 1.93. The maximum Gasteiger partial charge on any atom is 0.573 e. The lowest BCUT2D eigenvalue weighted by Crippen LogP contribution is -2.39. The summed E-state index contributed by atoms with van der Waals surface area (Å²) in [5, 5.41) is 3.28. The van der Waals surface area contributed by atoms with Gasteiger partial charge in [-0.1, -0.05) is 0 Å². The van der Waals surface area contributed by atoms with Gasteiger partial charge in [-0.2, -0.15) is 0 Å². The molecule has 0 radical (unpaired) electrons. The molecule has 2 heterocycles. The van der Waals surface area contributed by atoms with Gasteiger partial charge < -0.3 is 14.8 Å². The molecule has 2 atom stereocenters. The number of nitrogens with one attached hydrogen (secondary N) is 1. The van der Waals surface area contributed by atoms with Crippen LogP contribution in [0.15, 0.2) is 18.2 Å². The number of benzene rings is 1. The van der Waals surface area contributed by atoms with Crippen molar-refractivity contribution in [2.75, 3.05) is 18.5 Å². The van der Waals surface area contributed by atoms with Crippen molar-refractivity contribution in [2.24, 2.45) is 0 Å². The Morgan fingerprint density at radius 1 is 1.40 bits per heavy atom. The molecule has 1 spiro atoms. The number of halogens is 3. The van der Waals surface area contributed by atoms with E-state index in [0.29, 0.717) is 6.61 Å². The Kier molecular flexibility index (Phi) is 3.08. The highest BCUT2D eigenvalue weighted by Gasteiger charge is 2.43. The van der Waals surface area contributed by atoms with Crippen LogP contribution in [0.1, 0.15) is 25.3 Å². The first-order chi connectivity index (χ1) is 9.38. The monoisotopic (exact) mass is 287 g/mol. The number of anilines is 1. The second-order valence-corrected chi connectivity index (χ2v) is 5.52. The zero-order valence-electron chi connectivity index (χ0n) is 11.1. The molecule has 0 aliphatic carbocycles. The number of hydrogen-bond acceptors (Lipinski definition) is 3. The van der Waals surface area contributed by atoms with E-state index in [0.717, 1.165) is 30.6 Å². The van der Waals surface area contributed by atoms with Crippen molar-refractivity contribution < 1.29 is 22.6 Å². The van der Waals surface area contributed by atoms with Gasteiger partial charge in [-0.05, 0) is 43.5 Å². The SMILES string of the molecule is CC1CC2(CCO1)CNc1ccc(OC(F)(F)F)cc12. The predicted octanol–water partition coefficient (Wildman–Crippen LogP) is 3.45. The van der Waals surface area contributed by atoms with Gasteiger partial charge in [0.05, 0.1) is 6.10 Å². The second kappa shape index (κ2) is 4.55. The van der Waals surface area contributed by atoms with Crippen molar-refractivity contribution in [3.63, 3.8) is 0 Å². The van der Waals surface area contributed by atoms with Crippen molar-refractivity contribution in [3.8, 4) is 5.75 Å². The van der Waals surface area contributed by atoms with E-state index in [1.807, 2.05) is 6.92 Å². The van der Waals surface area contributed by atoms with Gasteiger partial charge in [0.1, 0.15) is 5.75 Å². The summed E-state index contributed by atoms with van der Waals surface area (Å²) in [5.74, 6) is -0.154. The van der Waals surface area contributed by atoms with Crippen molar-refractivity contribution in [3.05, 3.63) is 23.8 Å². The van der Waals surface area contributed by atoms with Crippen molar-refractivity contribution in [1.82, 2.24) is 0 Å². The van der Waals surface area contributed by atoms with Crippen LogP contribution in [0.5, 0.6) is 5.75 Å². The van der Waals surface area contributed by atoms with Gasteiger partial charge in [0.15, 0.2) is 0 Å². The largest absolute Gasteiger partial charge is 0.573 e. The number of ether oxygens (including phenoxy) is 2. The Hall–Kier alpha value is -1.43. The Labute approximate surface area is 115 Å². The third-order valence-electron chi connectivity index (χ3n) is 4.07. The van der Waals surface area contributed by atoms with E-state index in [-0.39, 0.29) is 17.3 Å². The fourth-order valence-electron chi connectivity index (χ4n) is 3.24. The molecule has 1 aromatic carbocycles. The lowest BCUT2D eigenvalue weighted by molar-refractivity contribution is -0.274. The van der Waals surface area contributed by atoms with E-state index in [9.17, 15) is 13.2 Å². The Morgan fingerprint density at radius 3 is 2.90 bits per heavy atom. The molecule has 0 amide bonds. The highest BCUT2D eigenvalue weighted by atomic mass is 19.4. The summed E-state index contributed by atoms with van der Waals surface area (Å²) in [6.07, 6.45) is -2.92. The maximum atomic E-state index is 12.3. The Bertz CT molecular complexity index is 514. The molecule has 110 valence electrons. The molecule has 1 N–H and O–H groups in total. The van der Waals surface area contributed by atoms with Crippen LogP contribution in [-0.4, -0.2) is 25.6 Å². The van der Waals surface area contributed by atoms with Gasteiger partial charge in [-0.25, -0.2) is 0 Å². The first-order valence-electron chi connectivity index (χ1n) is 6.64. The van der Waals surface area contributed by atoms with E-state index in [1.165, 1.54) is 12.1 Å². The molecule has 0 bridgehead atoms. The quantitative estimate of drug-likeness (QED) is 0.858. The van der Waals surface area contributed by atoms with Crippen LogP contribution in [0.4, 0.5) is 18.9 Å². The highest BCUT2D eigenvalue weighted by molar-refractivity contribution is 5.62. The smallest absolute Gasteiger partial charge is 0.406 e. The number of alkyl halides is 3. The number of rotatable bonds is 1. The molecule has 2 aliphatic heterocycles. The molecule has 0 saturated carbocycles. The molecule has 1 fully saturated rings. The van der Waals surface area contributed by atoms with Crippen LogP contribution in [0.3, 0.4) is 0 Å². The highest BCUT2D eigenvalue weighted by Crippen LogP contribution is 2.46. The minimum atomic E-state index is -4.66. The normalized spacial score (nSPS) is 29.1. The molecular formula is C14H16F3NO2. The number of hydrogen-bond donors (Lipinski definition) is 1. The summed E-state index contributed by atoms with van der Waals surface area (Å²) in [6, 6.07) is 4.52. The van der Waals surface area contributed by atoms with Crippen molar-refractivity contribution in [1.29, 1.82) is 0 Å². The van der Waals surface area contributed by atoms with Gasteiger partial charge in [0.25, 0.3) is 0 Å². The van der Waals surface area contributed by atoms with Crippen LogP contribution < -0.4 is 10.1 Å². The van der Waals surface area contributed by atoms with Gasteiger partial charge in [-0.3, -0.25) is 0 Å². The third kappa shape index (κ3) is 2.44.